The lowest BCUT2D eigenvalue weighted by atomic mass is 10.2. The molecule has 6 nitrogen and oxygen atoms in total. The topological polar surface area (TPSA) is 91.0 Å². The molecule has 0 aromatic carbocycles. The molecule has 0 rings (SSSR count). The number of carbonyl (C=O) groups is 1. The summed E-state index contributed by atoms with van der Waals surface area (Å²) in [6, 6.07) is -0.835. The summed E-state index contributed by atoms with van der Waals surface area (Å²) in [6.45, 7) is 2.72. The van der Waals surface area contributed by atoms with Crippen LogP contribution in [0.2, 0.25) is 0 Å². The second-order valence-electron chi connectivity index (χ2n) is 3.30. The van der Waals surface area contributed by atoms with E-state index in [1.807, 2.05) is 0 Å². The molecule has 1 atom stereocenters. The highest BCUT2D eigenvalue weighted by Gasteiger charge is 2.09. The number of hydrogen-bond donors (Lipinski definition) is 2. The molecular formula is C10H21NO5. The molecule has 3 N–H and O–H groups in total. The molecule has 0 saturated carbocycles. The van der Waals surface area contributed by atoms with Crippen LogP contribution in [0.3, 0.4) is 0 Å². The molecule has 0 spiro atoms. The van der Waals surface area contributed by atoms with Gasteiger partial charge in [-0.05, 0) is 12.8 Å². The van der Waals surface area contributed by atoms with Gasteiger partial charge in [0.2, 0.25) is 0 Å². The second kappa shape index (κ2) is 10.8. The van der Waals surface area contributed by atoms with Gasteiger partial charge >= 0.3 is 5.97 Å². The van der Waals surface area contributed by atoms with Gasteiger partial charge in [0.05, 0.1) is 13.2 Å². The highest BCUT2D eigenvalue weighted by Crippen LogP contribution is 1.91. The third kappa shape index (κ3) is 9.85. The van der Waals surface area contributed by atoms with Crippen molar-refractivity contribution in [2.75, 3.05) is 40.1 Å². The van der Waals surface area contributed by atoms with Crippen LogP contribution in [-0.4, -0.2) is 57.3 Å². The van der Waals surface area contributed by atoms with E-state index in [0.29, 0.717) is 39.5 Å². The maximum atomic E-state index is 10.4. The standard InChI is InChI=1S/C10H21NO5/c1-14-7-8-16-5-2-4-15-6-3-9(11)10(12)13/h9H,2-8,11H2,1H3,(H,12,13). The van der Waals surface area contributed by atoms with Gasteiger partial charge in [0.1, 0.15) is 6.04 Å². The van der Waals surface area contributed by atoms with Crippen molar-refractivity contribution in [3.63, 3.8) is 0 Å². The van der Waals surface area contributed by atoms with Crippen LogP contribution in [0.1, 0.15) is 12.8 Å². The van der Waals surface area contributed by atoms with Crippen LogP contribution in [0.15, 0.2) is 0 Å². The van der Waals surface area contributed by atoms with E-state index < -0.39 is 12.0 Å². The van der Waals surface area contributed by atoms with Crippen molar-refractivity contribution in [1.29, 1.82) is 0 Å². The normalized spacial score (nSPS) is 12.6. The van der Waals surface area contributed by atoms with Crippen molar-refractivity contribution in [1.82, 2.24) is 0 Å². The molecule has 0 fully saturated rings. The van der Waals surface area contributed by atoms with E-state index in [-0.39, 0.29) is 0 Å². The summed E-state index contributed by atoms with van der Waals surface area (Å²) >= 11 is 0. The van der Waals surface area contributed by atoms with Crippen LogP contribution in [0, 0.1) is 0 Å². The zero-order chi connectivity index (χ0) is 12.2. The second-order valence-corrected chi connectivity index (χ2v) is 3.30. The Morgan fingerprint density at radius 3 is 2.38 bits per heavy atom. The van der Waals surface area contributed by atoms with Gasteiger partial charge in [0.15, 0.2) is 0 Å². The molecule has 0 bridgehead atoms. The average Bonchev–Trinajstić information content (AvgIpc) is 2.26. The van der Waals surface area contributed by atoms with Crippen molar-refractivity contribution in [2.24, 2.45) is 5.73 Å². The Morgan fingerprint density at radius 1 is 1.19 bits per heavy atom. The van der Waals surface area contributed by atoms with Crippen molar-refractivity contribution in [3.05, 3.63) is 0 Å². The third-order valence-corrected chi connectivity index (χ3v) is 1.90. The van der Waals surface area contributed by atoms with Crippen molar-refractivity contribution in [3.8, 4) is 0 Å². The molecule has 0 amide bonds. The Labute approximate surface area is 95.7 Å². The molecule has 96 valence electrons. The Hall–Kier alpha value is -0.690. The monoisotopic (exact) mass is 235 g/mol. The summed E-state index contributed by atoms with van der Waals surface area (Å²) < 4.78 is 15.2. The van der Waals surface area contributed by atoms with Crippen LogP contribution in [0.4, 0.5) is 0 Å². The number of hydrogen-bond acceptors (Lipinski definition) is 5. The van der Waals surface area contributed by atoms with Gasteiger partial charge in [-0.2, -0.15) is 0 Å². The summed E-state index contributed by atoms with van der Waals surface area (Å²) in [7, 11) is 1.62. The fraction of sp³-hybridized carbons (Fsp3) is 0.900. The predicted molar refractivity (Wildman–Crippen MR) is 58.4 cm³/mol. The number of rotatable bonds is 11. The predicted octanol–water partition coefficient (Wildman–Crippen LogP) is -0.142. The number of ether oxygens (including phenoxy) is 3. The van der Waals surface area contributed by atoms with E-state index in [1.165, 1.54) is 0 Å². The van der Waals surface area contributed by atoms with E-state index in [0.717, 1.165) is 6.42 Å². The zero-order valence-corrected chi connectivity index (χ0v) is 9.68. The average molecular weight is 235 g/mol. The van der Waals surface area contributed by atoms with Gasteiger partial charge in [-0.15, -0.1) is 0 Å². The number of aliphatic carboxylic acids is 1. The molecule has 0 radical (unpaired) electrons. The molecule has 16 heavy (non-hydrogen) atoms. The van der Waals surface area contributed by atoms with Crippen molar-refractivity contribution in [2.45, 2.75) is 18.9 Å². The number of methoxy groups -OCH3 is 1. The minimum Gasteiger partial charge on any atom is -0.480 e. The fourth-order valence-electron chi connectivity index (χ4n) is 0.943. The third-order valence-electron chi connectivity index (χ3n) is 1.90. The molecule has 0 aliphatic carbocycles. The molecule has 0 aromatic heterocycles. The summed E-state index contributed by atoms with van der Waals surface area (Å²) in [5.74, 6) is -0.994. The van der Waals surface area contributed by atoms with Gasteiger partial charge < -0.3 is 25.1 Å². The van der Waals surface area contributed by atoms with Gasteiger partial charge in [-0.1, -0.05) is 0 Å². The highest BCUT2D eigenvalue weighted by molar-refractivity contribution is 5.72. The van der Waals surface area contributed by atoms with Crippen LogP contribution in [-0.2, 0) is 19.0 Å². The first-order chi connectivity index (χ1) is 7.68. The van der Waals surface area contributed by atoms with E-state index >= 15 is 0 Å². The molecule has 0 heterocycles. The zero-order valence-electron chi connectivity index (χ0n) is 9.68. The minimum atomic E-state index is -0.994. The number of carboxylic acids is 1. The quantitative estimate of drug-likeness (QED) is 0.484. The van der Waals surface area contributed by atoms with Gasteiger partial charge in [-0.3, -0.25) is 4.79 Å². The van der Waals surface area contributed by atoms with Crippen LogP contribution >= 0.6 is 0 Å². The summed E-state index contributed by atoms with van der Waals surface area (Å²) in [4.78, 5) is 10.4. The van der Waals surface area contributed by atoms with Crippen LogP contribution < -0.4 is 5.73 Å². The maximum absolute atomic E-state index is 10.4. The van der Waals surface area contributed by atoms with Crippen molar-refractivity contribution < 1.29 is 24.1 Å². The summed E-state index contributed by atoms with van der Waals surface area (Å²) in [6.07, 6.45) is 1.12. The Bertz CT molecular complexity index is 177. The van der Waals surface area contributed by atoms with Gasteiger partial charge in [0, 0.05) is 26.9 Å². The maximum Gasteiger partial charge on any atom is 0.320 e. The molecular weight excluding hydrogens is 214 g/mol. The minimum absolute atomic E-state index is 0.333. The Morgan fingerprint density at radius 2 is 1.81 bits per heavy atom. The molecule has 6 heteroatoms. The van der Waals surface area contributed by atoms with Gasteiger partial charge in [0.25, 0.3) is 0 Å². The summed E-state index contributed by atoms with van der Waals surface area (Å²) in [5, 5.41) is 8.49. The van der Waals surface area contributed by atoms with Crippen LogP contribution in [0.5, 0.6) is 0 Å². The molecule has 1 unspecified atom stereocenters. The Balaban J connectivity index is 3.07. The first-order valence-electron chi connectivity index (χ1n) is 5.31. The first kappa shape index (κ1) is 15.3. The lowest BCUT2D eigenvalue weighted by Gasteiger charge is -2.07. The molecule has 0 aliphatic rings. The first-order valence-corrected chi connectivity index (χ1v) is 5.31. The SMILES string of the molecule is COCCOCCCOCCC(N)C(=O)O. The smallest absolute Gasteiger partial charge is 0.320 e. The van der Waals surface area contributed by atoms with Crippen molar-refractivity contribution >= 4 is 5.97 Å². The number of carboxylic acid groups (broad SMARTS) is 1. The van der Waals surface area contributed by atoms with E-state index in [2.05, 4.69) is 0 Å². The fourth-order valence-corrected chi connectivity index (χ4v) is 0.943. The highest BCUT2D eigenvalue weighted by atomic mass is 16.5. The lowest BCUT2D eigenvalue weighted by molar-refractivity contribution is -0.139. The largest absolute Gasteiger partial charge is 0.480 e. The van der Waals surface area contributed by atoms with Gasteiger partial charge in [-0.25, -0.2) is 0 Å². The molecule has 0 aromatic rings. The van der Waals surface area contributed by atoms with Crippen LogP contribution in [0.25, 0.3) is 0 Å². The molecule has 0 saturated heterocycles. The number of nitrogens with two attached hydrogens (primary N) is 1. The molecule has 0 aliphatic heterocycles. The Kier molecular flexibility index (Phi) is 10.3. The van der Waals surface area contributed by atoms with E-state index in [1.54, 1.807) is 7.11 Å². The summed E-state index contributed by atoms with van der Waals surface area (Å²) in [5.41, 5.74) is 5.29. The lowest BCUT2D eigenvalue weighted by Crippen LogP contribution is -2.31. The van der Waals surface area contributed by atoms with E-state index in [9.17, 15) is 4.79 Å². The van der Waals surface area contributed by atoms with E-state index in [4.69, 9.17) is 25.1 Å².